The van der Waals surface area contributed by atoms with E-state index < -0.39 is 0 Å². The average molecular weight is 172 g/mol. The number of halogens is 2. The van der Waals surface area contributed by atoms with Gasteiger partial charge in [-0.3, -0.25) is 4.39 Å². The minimum absolute atomic E-state index is 0.360. The molecule has 2 heteroatoms. The van der Waals surface area contributed by atoms with Crippen molar-refractivity contribution in [1.82, 2.24) is 0 Å². The maximum absolute atomic E-state index is 12.0. The van der Waals surface area contributed by atoms with E-state index in [0.29, 0.717) is 7.18 Å². The fourth-order valence-electron chi connectivity index (χ4n) is 0.887. The molecule has 0 amide bonds. The molecule has 0 aliphatic rings. The van der Waals surface area contributed by atoms with Gasteiger partial charge in [0.1, 0.15) is 6.67 Å². The Bertz CT molecular complexity index is 231. The molecule has 12 heavy (non-hydrogen) atoms. The zero-order valence-electron chi connectivity index (χ0n) is 7.70. The van der Waals surface area contributed by atoms with Gasteiger partial charge in [0.2, 0.25) is 0 Å². The second-order valence-electron chi connectivity index (χ2n) is 2.55. The highest BCUT2D eigenvalue weighted by molar-refractivity contribution is 5.29. The van der Waals surface area contributed by atoms with Gasteiger partial charge < -0.3 is 0 Å². The van der Waals surface area contributed by atoms with Gasteiger partial charge in [0.15, 0.2) is 0 Å². The van der Waals surface area contributed by atoms with E-state index in [9.17, 15) is 8.78 Å². The molecule has 0 fully saturated rings. The lowest BCUT2D eigenvalue weighted by molar-refractivity contribution is 0.485. The van der Waals surface area contributed by atoms with Crippen molar-refractivity contribution in [3.63, 3.8) is 0 Å². The third kappa shape index (κ3) is 2.99. The molecular weight excluding hydrogens is 158 g/mol. The van der Waals surface area contributed by atoms with Gasteiger partial charge in [-0.05, 0) is 30.5 Å². The number of hydrogen-bond acceptors (Lipinski definition) is 0. The summed E-state index contributed by atoms with van der Waals surface area (Å²) in [6.45, 7) is 3.66. The normalized spacial score (nSPS) is 8.75. The van der Waals surface area contributed by atoms with Gasteiger partial charge in [-0.25, -0.2) is 4.39 Å². The lowest BCUT2D eigenvalue weighted by Crippen LogP contribution is -1.83. The summed E-state index contributed by atoms with van der Waals surface area (Å²) in [5.74, 6) is 0. The van der Waals surface area contributed by atoms with Crippen molar-refractivity contribution in [3.05, 3.63) is 34.9 Å². The number of alkyl halides is 2. The number of hydrogen-bond donors (Lipinski definition) is 0. The van der Waals surface area contributed by atoms with Gasteiger partial charge in [0.25, 0.3) is 0 Å². The summed E-state index contributed by atoms with van der Waals surface area (Å²) < 4.78 is 21.5. The molecular formula is C10H14F2. The molecule has 0 atom stereocenters. The molecule has 0 saturated carbocycles. The van der Waals surface area contributed by atoms with Crippen LogP contribution in [0.3, 0.4) is 0 Å². The van der Waals surface area contributed by atoms with E-state index in [1.54, 1.807) is 0 Å². The van der Waals surface area contributed by atoms with E-state index in [4.69, 9.17) is 0 Å². The fourth-order valence-corrected chi connectivity index (χ4v) is 0.887. The summed E-state index contributed by atoms with van der Waals surface area (Å²) in [6.07, 6.45) is 0. The molecule has 68 valence electrons. The molecule has 0 N–H and O–H groups in total. The Hall–Kier alpha value is -0.920. The molecule has 0 saturated heterocycles. The molecule has 1 rings (SSSR count). The summed E-state index contributed by atoms with van der Waals surface area (Å²) in [6, 6.07) is 5.65. The van der Waals surface area contributed by atoms with E-state index in [1.807, 2.05) is 32.0 Å². The van der Waals surface area contributed by atoms with Crippen LogP contribution in [0.1, 0.15) is 16.7 Å². The van der Waals surface area contributed by atoms with Crippen molar-refractivity contribution >= 4 is 0 Å². The summed E-state index contributed by atoms with van der Waals surface area (Å²) in [5, 5.41) is 0. The first kappa shape index (κ1) is 11.1. The molecule has 0 unspecified atom stereocenters. The van der Waals surface area contributed by atoms with E-state index in [0.717, 1.165) is 11.1 Å². The molecule has 0 nitrogen and oxygen atoms in total. The van der Waals surface area contributed by atoms with Crippen LogP contribution in [0.4, 0.5) is 8.78 Å². The fraction of sp³-hybridized carbons (Fsp3) is 0.400. The van der Waals surface area contributed by atoms with Gasteiger partial charge >= 0.3 is 0 Å². The summed E-state index contributed by atoms with van der Waals surface area (Å²) in [7, 11) is 0.500. The van der Waals surface area contributed by atoms with E-state index in [2.05, 4.69) is 0 Å². The highest BCUT2D eigenvalue weighted by atomic mass is 19.1. The van der Waals surface area contributed by atoms with E-state index >= 15 is 0 Å². The Kier molecular flexibility index (Phi) is 5.26. The molecule has 1 aromatic rings. The largest absolute Gasteiger partial charge is 0.255 e. The quantitative estimate of drug-likeness (QED) is 0.609. The second kappa shape index (κ2) is 5.70. The molecule has 0 spiro atoms. The van der Waals surface area contributed by atoms with E-state index in [-0.39, 0.29) is 6.67 Å². The molecule has 0 bridgehead atoms. The lowest BCUT2D eigenvalue weighted by atomic mass is 10.1. The standard InChI is InChI=1S/C9H11F.CH3F/c1-7-3-4-9(6-10)5-8(7)2;1-2/h3-5H,6H2,1-2H3;1H3. The predicted octanol–water partition coefficient (Wildman–Crippen LogP) is 3.36. The smallest absolute Gasteiger partial charge is 0.115 e. The van der Waals surface area contributed by atoms with Crippen LogP contribution < -0.4 is 0 Å². The number of benzene rings is 1. The Labute approximate surface area is 72.2 Å². The molecule has 0 aliphatic carbocycles. The monoisotopic (exact) mass is 172 g/mol. The Morgan fingerprint density at radius 1 is 1.08 bits per heavy atom. The van der Waals surface area contributed by atoms with Crippen molar-refractivity contribution in [2.24, 2.45) is 0 Å². The Morgan fingerprint density at radius 2 is 1.67 bits per heavy atom. The minimum Gasteiger partial charge on any atom is -0.255 e. The predicted molar refractivity (Wildman–Crippen MR) is 47.8 cm³/mol. The van der Waals surface area contributed by atoms with Gasteiger partial charge in [-0.1, -0.05) is 18.2 Å². The first-order valence-corrected chi connectivity index (χ1v) is 3.74. The first-order chi connectivity index (χ1) is 5.74. The van der Waals surface area contributed by atoms with Crippen molar-refractivity contribution in [3.8, 4) is 0 Å². The van der Waals surface area contributed by atoms with Crippen molar-refractivity contribution in [1.29, 1.82) is 0 Å². The average Bonchev–Trinajstić information content (AvgIpc) is 2.13. The Morgan fingerprint density at radius 3 is 2.08 bits per heavy atom. The minimum atomic E-state index is -0.360. The van der Waals surface area contributed by atoms with Crippen LogP contribution in [0, 0.1) is 13.8 Å². The molecule has 0 heterocycles. The van der Waals surface area contributed by atoms with Gasteiger partial charge in [0.05, 0.1) is 7.18 Å². The van der Waals surface area contributed by atoms with Crippen LogP contribution in [0.5, 0.6) is 0 Å². The Balaban J connectivity index is 0.000000561. The van der Waals surface area contributed by atoms with Crippen LogP contribution in [-0.2, 0) is 6.67 Å². The number of rotatable bonds is 1. The summed E-state index contributed by atoms with van der Waals surface area (Å²) in [5.41, 5.74) is 3.15. The topological polar surface area (TPSA) is 0 Å². The van der Waals surface area contributed by atoms with Gasteiger partial charge in [0, 0.05) is 0 Å². The van der Waals surface area contributed by atoms with Crippen LogP contribution in [0.25, 0.3) is 0 Å². The molecule has 0 aliphatic heterocycles. The van der Waals surface area contributed by atoms with Crippen LogP contribution in [0.15, 0.2) is 18.2 Å². The maximum atomic E-state index is 12.0. The van der Waals surface area contributed by atoms with Gasteiger partial charge in [-0.2, -0.15) is 0 Å². The first-order valence-electron chi connectivity index (χ1n) is 3.74. The number of aryl methyl sites for hydroxylation is 2. The van der Waals surface area contributed by atoms with Crippen LogP contribution in [0.2, 0.25) is 0 Å². The zero-order valence-corrected chi connectivity index (χ0v) is 7.70. The van der Waals surface area contributed by atoms with Crippen LogP contribution >= 0.6 is 0 Å². The van der Waals surface area contributed by atoms with Crippen molar-refractivity contribution in [2.45, 2.75) is 20.5 Å². The third-order valence-electron chi connectivity index (χ3n) is 1.73. The summed E-state index contributed by atoms with van der Waals surface area (Å²) >= 11 is 0. The van der Waals surface area contributed by atoms with Crippen molar-refractivity contribution < 1.29 is 8.78 Å². The van der Waals surface area contributed by atoms with E-state index in [1.165, 1.54) is 5.56 Å². The highest BCUT2D eigenvalue weighted by Gasteiger charge is 1.93. The SMILES string of the molecule is CF.Cc1ccc(CF)cc1C. The molecule has 0 aromatic heterocycles. The third-order valence-corrected chi connectivity index (χ3v) is 1.73. The lowest BCUT2D eigenvalue weighted by Gasteiger charge is -1.99. The summed E-state index contributed by atoms with van der Waals surface area (Å²) in [4.78, 5) is 0. The second-order valence-corrected chi connectivity index (χ2v) is 2.55. The van der Waals surface area contributed by atoms with Gasteiger partial charge in [-0.15, -0.1) is 0 Å². The zero-order chi connectivity index (χ0) is 9.56. The molecule has 1 aromatic carbocycles. The maximum Gasteiger partial charge on any atom is 0.115 e. The molecule has 0 radical (unpaired) electrons. The van der Waals surface area contributed by atoms with Crippen molar-refractivity contribution in [2.75, 3.05) is 7.18 Å². The highest BCUT2D eigenvalue weighted by Crippen LogP contribution is 2.10. The van der Waals surface area contributed by atoms with Crippen LogP contribution in [-0.4, -0.2) is 7.18 Å².